The zero-order chi connectivity index (χ0) is 8.10. The van der Waals surface area contributed by atoms with E-state index in [2.05, 4.69) is 11.9 Å². The van der Waals surface area contributed by atoms with E-state index >= 15 is 0 Å². The van der Waals surface area contributed by atoms with Crippen molar-refractivity contribution in [3.05, 3.63) is 24.0 Å². The lowest BCUT2D eigenvalue weighted by atomic mass is 10.3. The SMILES string of the molecule is CCCOc1cncc(C)c1. The summed E-state index contributed by atoms with van der Waals surface area (Å²) in [7, 11) is 0. The highest BCUT2D eigenvalue weighted by molar-refractivity contribution is 5.22. The molecule has 1 rings (SSSR count). The number of ether oxygens (including phenoxy) is 1. The molecule has 1 aromatic rings. The van der Waals surface area contributed by atoms with Crippen LogP contribution in [0.15, 0.2) is 18.5 Å². The molecule has 0 saturated carbocycles. The van der Waals surface area contributed by atoms with Crippen LogP contribution in [0.2, 0.25) is 0 Å². The lowest BCUT2D eigenvalue weighted by Gasteiger charge is -2.03. The first-order valence-electron chi connectivity index (χ1n) is 3.87. The largest absolute Gasteiger partial charge is 0.492 e. The van der Waals surface area contributed by atoms with Gasteiger partial charge in [0.05, 0.1) is 12.8 Å². The van der Waals surface area contributed by atoms with E-state index < -0.39 is 0 Å². The molecule has 0 aliphatic rings. The number of hydrogen-bond acceptors (Lipinski definition) is 2. The second-order valence-electron chi connectivity index (χ2n) is 2.55. The predicted octanol–water partition coefficient (Wildman–Crippen LogP) is 2.18. The first kappa shape index (κ1) is 8.05. The third-order valence-electron chi connectivity index (χ3n) is 1.32. The first-order valence-corrected chi connectivity index (χ1v) is 3.87. The van der Waals surface area contributed by atoms with E-state index in [1.165, 1.54) is 0 Å². The molecule has 60 valence electrons. The Hall–Kier alpha value is -1.05. The molecular formula is C9H13NO. The van der Waals surface area contributed by atoms with E-state index in [1.54, 1.807) is 6.20 Å². The summed E-state index contributed by atoms with van der Waals surface area (Å²) in [4.78, 5) is 4.01. The molecule has 0 aromatic carbocycles. The quantitative estimate of drug-likeness (QED) is 0.660. The van der Waals surface area contributed by atoms with Crippen LogP contribution in [0.1, 0.15) is 18.9 Å². The van der Waals surface area contributed by atoms with E-state index in [1.807, 2.05) is 19.2 Å². The van der Waals surface area contributed by atoms with Crippen LogP contribution in [-0.2, 0) is 0 Å². The summed E-state index contributed by atoms with van der Waals surface area (Å²) >= 11 is 0. The summed E-state index contributed by atoms with van der Waals surface area (Å²) in [5.41, 5.74) is 1.14. The maximum atomic E-state index is 5.37. The van der Waals surface area contributed by atoms with Crippen molar-refractivity contribution in [1.29, 1.82) is 0 Å². The zero-order valence-electron chi connectivity index (χ0n) is 7.00. The summed E-state index contributed by atoms with van der Waals surface area (Å²) in [6.07, 6.45) is 4.59. The predicted molar refractivity (Wildman–Crippen MR) is 44.8 cm³/mol. The molecule has 0 aliphatic carbocycles. The molecule has 0 N–H and O–H groups in total. The summed E-state index contributed by atoms with van der Waals surface area (Å²) in [5, 5.41) is 0. The fourth-order valence-corrected chi connectivity index (χ4v) is 0.826. The van der Waals surface area contributed by atoms with Crippen LogP contribution in [-0.4, -0.2) is 11.6 Å². The average molecular weight is 151 g/mol. The van der Waals surface area contributed by atoms with Crippen LogP contribution < -0.4 is 4.74 Å². The molecule has 11 heavy (non-hydrogen) atoms. The second-order valence-corrected chi connectivity index (χ2v) is 2.55. The van der Waals surface area contributed by atoms with Gasteiger partial charge in [0.15, 0.2) is 0 Å². The van der Waals surface area contributed by atoms with E-state index in [0.717, 1.165) is 24.3 Å². The Bertz CT molecular complexity index is 223. The minimum Gasteiger partial charge on any atom is -0.492 e. The topological polar surface area (TPSA) is 22.1 Å². The molecular weight excluding hydrogens is 138 g/mol. The Morgan fingerprint density at radius 2 is 2.27 bits per heavy atom. The minimum absolute atomic E-state index is 0.769. The van der Waals surface area contributed by atoms with E-state index in [-0.39, 0.29) is 0 Å². The molecule has 0 radical (unpaired) electrons. The van der Waals surface area contributed by atoms with Crippen molar-refractivity contribution >= 4 is 0 Å². The van der Waals surface area contributed by atoms with Gasteiger partial charge in [0, 0.05) is 6.20 Å². The molecule has 0 bridgehead atoms. The van der Waals surface area contributed by atoms with Gasteiger partial charge in [0.2, 0.25) is 0 Å². The van der Waals surface area contributed by atoms with Gasteiger partial charge in [-0.05, 0) is 25.0 Å². The van der Waals surface area contributed by atoms with E-state index in [0.29, 0.717) is 0 Å². The van der Waals surface area contributed by atoms with Gasteiger partial charge >= 0.3 is 0 Å². The molecule has 2 heteroatoms. The van der Waals surface area contributed by atoms with Gasteiger partial charge in [-0.3, -0.25) is 4.98 Å². The molecule has 1 aromatic heterocycles. The molecule has 2 nitrogen and oxygen atoms in total. The van der Waals surface area contributed by atoms with Crippen molar-refractivity contribution in [3.63, 3.8) is 0 Å². The van der Waals surface area contributed by atoms with Crippen LogP contribution in [0.5, 0.6) is 5.75 Å². The number of rotatable bonds is 3. The number of aromatic nitrogens is 1. The van der Waals surface area contributed by atoms with Crippen LogP contribution in [0.3, 0.4) is 0 Å². The maximum absolute atomic E-state index is 5.37. The normalized spacial score (nSPS) is 9.64. The molecule has 0 fully saturated rings. The third-order valence-corrected chi connectivity index (χ3v) is 1.32. The minimum atomic E-state index is 0.769. The van der Waals surface area contributed by atoms with Crippen LogP contribution in [0, 0.1) is 6.92 Å². The van der Waals surface area contributed by atoms with E-state index in [9.17, 15) is 0 Å². The first-order chi connectivity index (χ1) is 5.33. The van der Waals surface area contributed by atoms with Crippen molar-refractivity contribution in [2.75, 3.05) is 6.61 Å². The monoisotopic (exact) mass is 151 g/mol. The van der Waals surface area contributed by atoms with E-state index in [4.69, 9.17) is 4.74 Å². The van der Waals surface area contributed by atoms with Gasteiger partial charge in [-0.25, -0.2) is 0 Å². The lowest BCUT2D eigenvalue weighted by molar-refractivity contribution is 0.316. The molecule has 0 atom stereocenters. The average Bonchev–Trinajstić information content (AvgIpc) is 2.01. The zero-order valence-corrected chi connectivity index (χ0v) is 7.00. The Labute approximate surface area is 67.2 Å². The van der Waals surface area contributed by atoms with Gasteiger partial charge in [-0.15, -0.1) is 0 Å². The van der Waals surface area contributed by atoms with Gasteiger partial charge in [-0.2, -0.15) is 0 Å². The van der Waals surface area contributed by atoms with Crippen LogP contribution in [0.4, 0.5) is 0 Å². The molecule has 0 spiro atoms. The van der Waals surface area contributed by atoms with Gasteiger partial charge in [0.25, 0.3) is 0 Å². The number of pyridine rings is 1. The van der Waals surface area contributed by atoms with Crippen molar-refractivity contribution in [3.8, 4) is 5.75 Å². The summed E-state index contributed by atoms with van der Waals surface area (Å²) in [5.74, 6) is 0.867. The Morgan fingerprint density at radius 1 is 1.45 bits per heavy atom. The van der Waals surface area contributed by atoms with Gasteiger partial charge in [0.1, 0.15) is 5.75 Å². The molecule has 0 amide bonds. The Balaban J connectivity index is 2.56. The van der Waals surface area contributed by atoms with Crippen molar-refractivity contribution in [2.24, 2.45) is 0 Å². The molecule has 0 aliphatic heterocycles. The molecule has 1 heterocycles. The molecule has 0 saturated heterocycles. The smallest absolute Gasteiger partial charge is 0.137 e. The van der Waals surface area contributed by atoms with Gasteiger partial charge < -0.3 is 4.74 Å². The Morgan fingerprint density at radius 3 is 2.91 bits per heavy atom. The summed E-state index contributed by atoms with van der Waals surface area (Å²) in [6, 6.07) is 1.99. The highest BCUT2D eigenvalue weighted by Crippen LogP contribution is 2.09. The van der Waals surface area contributed by atoms with Crippen molar-refractivity contribution in [2.45, 2.75) is 20.3 Å². The fourth-order valence-electron chi connectivity index (χ4n) is 0.826. The highest BCUT2D eigenvalue weighted by atomic mass is 16.5. The Kier molecular flexibility index (Phi) is 2.90. The highest BCUT2D eigenvalue weighted by Gasteiger charge is 1.91. The molecule has 0 unspecified atom stereocenters. The van der Waals surface area contributed by atoms with Crippen LogP contribution in [0.25, 0.3) is 0 Å². The van der Waals surface area contributed by atoms with Crippen molar-refractivity contribution < 1.29 is 4.74 Å². The van der Waals surface area contributed by atoms with Crippen molar-refractivity contribution in [1.82, 2.24) is 4.98 Å². The summed E-state index contributed by atoms with van der Waals surface area (Å²) < 4.78 is 5.37. The second kappa shape index (κ2) is 3.96. The summed E-state index contributed by atoms with van der Waals surface area (Å²) in [6.45, 7) is 4.86. The number of hydrogen-bond donors (Lipinski definition) is 0. The third kappa shape index (κ3) is 2.58. The number of aryl methyl sites for hydroxylation is 1. The van der Waals surface area contributed by atoms with Crippen LogP contribution >= 0.6 is 0 Å². The fraction of sp³-hybridized carbons (Fsp3) is 0.444. The number of nitrogens with zero attached hydrogens (tertiary/aromatic N) is 1. The van der Waals surface area contributed by atoms with Gasteiger partial charge in [-0.1, -0.05) is 6.92 Å². The standard InChI is InChI=1S/C9H13NO/c1-3-4-11-9-5-8(2)6-10-7-9/h5-7H,3-4H2,1-2H3. The maximum Gasteiger partial charge on any atom is 0.137 e. The lowest BCUT2D eigenvalue weighted by Crippen LogP contribution is -1.95.